The first kappa shape index (κ1) is 27.0. The first-order valence-electron chi connectivity index (χ1n) is 17.3. The van der Waals surface area contributed by atoms with E-state index in [2.05, 4.69) is 158 Å². The first-order valence-corrected chi connectivity index (χ1v) is 17.6. The lowest BCUT2D eigenvalue weighted by Gasteiger charge is -2.19. The van der Waals surface area contributed by atoms with Crippen LogP contribution in [0.5, 0.6) is 0 Å². The Morgan fingerprint density at radius 2 is 0.980 bits per heavy atom. The van der Waals surface area contributed by atoms with Gasteiger partial charge >= 0.3 is 0 Å². The molecule has 0 unspecified atom stereocenters. The Kier molecular flexibility index (Phi) is 6.22. The van der Waals surface area contributed by atoms with Crippen molar-refractivity contribution in [3.63, 3.8) is 0 Å². The summed E-state index contributed by atoms with van der Waals surface area (Å²) in [4.78, 5) is 0. The van der Waals surface area contributed by atoms with Crippen LogP contribution in [0.1, 0.15) is 1.37 Å². The fourth-order valence-corrected chi connectivity index (χ4v) is 9.04. The molecule has 0 radical (unpaired) electrons. The molecule has 1 heterocycles. The Bertz CT molecular complexity index is 2880. The van der Waals surface area contributed by atoms with Gasteiger partial charge in [-0.1, -0.05) is 164 Å². The van der Waals surface area contributed by atoms with Crippen LogP contribution in [-0.4, -0.2) is 0 Å². The van der Waals surface area contributed by atoms with E-state index >= 15 is 0 Å². The van der Waals surface area contributed by atoms with Gasteiger partial charge in [0.05, 0.1) is 1.37 Å². The monoisotopic (exact) mass is 639 g/mol. The van der Waals surface area contributed by atoms with Gasteiger partial charge in [0.1, 0.15) is 0 Å². The second kappa shape index (κ2) is 11.3. The van der Waals surface area contributed by atoms with Crippen LogP contribution in [0.2, 0.25) is 0 Å². The molecule has 9 aromatic carbocycles. The second-order valence-corrected chi connectivity index (χ2v) is 13.8. The van der Waals surface area contributed by atoms with Gasteiger partial charge in [-0.15, -0.1) is 11.3 Å². The summed E-state index contributed by atoms with van der Waals surface area (Å²) in [5.41, 5.74) is 9.90. The van der Waals surface area contributed by atoms with Gasteiger partial charge in [-0.3, -0.25) is 0 Å². The minimum absolute atomic E-state index is 0.537. The zero-order chi connectivity index (χ0) is 33.2. The van der Waals surface area contributed by atoms with E-state index in [0.717, 1.165) is 10.8 Å². The van der Waals surface area contributed by atoms with Crippen molar-refractivity contribution in [2.24, 2.45) is 0 Å². The van der Waals surface area contributed by atoms with Crippen molar-refractivity contribution < 1.29 is 1.37 Å². The standard InChI is InChI=1S/C48H30S/c1-2-14-32(15-3-1)37-27-28-43(47-42-23-10-11-24-44(42)49-48(37)47)46-40-21-8-6-19-38(40)45(39-20-7-9-22-41(39)46)36-18-12-17-34(30-36)35-26-25-31-13-4-5-16-33(31)29-35/h1-30H/i4D. The molecule has 0 aliphatic heterocycles. The molecule has 1 heteroatoms. The molecule has 0 saturated carbocycles. The highest BCUT2D eigenvalue weighted by molar-refractivity contribution is 7.26. The summed E-state index contributed by atoms with van der Waals surface area (Å²) in [6.45, 7) is 0. The van der Waals surface area contributed by atoms with Crippen LogP contribution in [0.15, 0.2) is 182 Å². The van der Waals surface area contributed by atoms with Gasteiger partial charge in [0.25, 0.3) is 0 Å². The van der Waals surface area contributed by atoms with Crippen molar-refractivity contribution in [2.75, 3.05) is 0 Å². The minimum atomic E-state index is 0.537. The molecule has 0 aliphatic carbocycles. The summed E-state index contributed by atoms with van der Waals surface area (Å²) >= 11 is 1.89. The Balaban J connectivity index is 1.25. The van der Waals surface area contributed by atoms with Gasteiger partial charge in [-0.05, 0) is 95.0 Å². The molecule has 228 valence electrons. The fourth-order valence-electron chi connectivity index (χ4n) is 7.77. The summed E-state index contributed by atoms with van der Waals surface area (Å²) < 4.78 is 10.7. The van der Waals surface area contributed by atoms with E-state index in [1.54, 1.807) is 0 Å². The Morgan fingerprint density at radius 3 is 1.76 bits per heavy atom. The van der Waals surface area contributed by atoms with Crippen LogP contribution in [0.25, 0.3) is 97.0 Å². The molecule has 0 saturated heterocycles. The number of benzene rings is 9. The molecule has 0 fully saturated rings. The molecule has 0 atom stereocenters. The summed E-state index contributed by atoms with van der Waals surface area (Å²) in [7, 11) is 0. The summed E-state index contributed by atoms with van der Waals surface area (Å²) in [5, 5.41) is 9.88. The largest absolute Gasteiger partial charge is 0.135 e. The van der Waals surface area contributed by atoms with Gasteiger partial charge in [0, 0.05) is 20.2 Å². The van der Waals surface area contributed by atoms with E-state index in [4.69, 9.17) is 1.37 Å². The average Bonchev–Trinajstić information content (AvgIpc) is 3.57. The van der Waals surface area contributed by atoms with Crippen LogP contribution in [0.4, 0.5) is 0 Å². The number of thiophene rings is 1. The molecule has 0 bridgehead atoms. The van der Waals surface area contributed by atoms with Gasteiger partial charge in [0.15, 0.2) is 0 Å². The maximum Gasteiger partial charge on any atom is 0.0623 e. The third-order valence-corrected chi connectivity index (χ3v) is 11.2. The van der Waals surface area contributed by atoms with Crippen molar-refractivity contribution >= 4 is 63.8 Å². The molecule has 10 aromatic rings. The maximum atomic E-state index is 8.03. The highest BCUT2D eigenvalue weighted by Crippen LogP contribution is 2.50. The Labute approximate surface area is 290 Å². The third kappa shape index (κ3) is 4.51. The maximum absolute atomic E-state index is 8.03. The minimum Gasteiger partial charge on any atom is -0.135 e. The van der Waals surface area contributed by atoms with Crippen molar-refractivity contribution in [3.8, 4) is 44.5 Å². The number of rotatable bonds is 4. The number of fused-ring (bicyclic) bond motifs is 6. The van der Waals surface area contributed by atoms with Crippen LogP contribution in [0.3, 0.4) is 0 Å². The van der Waals surface area contributed by atoms with Crippen molar-refractivity contribution in [2.45, 2.75) is 0 Å². The van der Waals surface area contributed by atoms with E-state index in [9.17, 15) is 0 Å². The number of hydrogen-bond donors (Lipinski definition) is 0. The second-order valence-electron chi connectivity index (χ2n) is 12.7. The molecule has 0 aliphatic rings. The van der Waals surface area contributed by atoms with Crippen molar-refractivity contribution in [3.05, 3.63) is 182 Å². The Hall–Kier alpha value is -6.02. The van der Waals surface area contributed by atoms with Gasteiger partial charge in [0.2, 0.25) is 0 Å². The van der Waals surface area contributed by atoms with Gasteiger partial charge < -0.3 is 0 Å². The van der Waals surface area contributed by atoms with E-state index in [1.165, 1.54) is 86.2 Å². The number of hydrogen-bond acceptors (Lipinski definition) is 1. The highest BCUT2D eigenvalue weighted by Gasteiger charge is 2.21. The van der Waals surface area contributed by atoms with E-state index in [0.29, 0.717) is 6.04 Å². The quantitative estimate of drug-likeness (QED) is 0.168. The molecule has 0 spiro atoms. The van der Waals surface area contributed by atoms with E-state index in [-0.39, 0.29) is 0 Å². The van der Waals surface area contributed by atoms with Crippen LogP contribution in [-0.2, 0) is 0 Å². The van der Waals surface area contributed by atoms with Gasteiger partial charge in [-0.25, -0.2) is 0 Å². The third-order valence-electron chi connectivity index (χ3n) is 9.98. The normalized spacial score (nSPS) is 12.0. The average molecular weight is 640 g/mol. The molecular formula is C48H30S. The lowest BCUT2D eigenvalue weighted by Crippen LogP contribution is -1.92. The zero-order valence-electron chi connectivity index (χ0n) is 27.7. The fraction of sp³-hybridized carbons (Fsp3) is 0. The van der Waals surface area contributed by atoms with Crippen molar-refractivity contribution in [1.82, 2.24) is 0 Å². The van der Waals surface area contributed by atoms with Crippen LogP contribution >= 0.6 is 11.3 Å². The van der Waals surface area contributed by atoms with Gasteiger partial charge in [-0.2, -0.15) is 0 Å². The SMILES string of the molecule is [2H]c1ccc2cc(-c3cccc(-c4c5ccccc5c(-c5ccc(-c6ccccc6)c6sc7ccccc7c56)c5ccccc45)c3)ccc2c1. The predicted octanol–water partition coefficient (Wildman–Crippen LogP) is 14.2. The lowest BCUT2D eigenvalue weighted by molar-refractivity contribution is 1.63. The zero-order valence-corrected chi connectivity index (χ0v) is 27.5. The summed E-state index contributed by atoms with van der Waals surface area (Å²) in [5.74, 6) is 0. The van der Waals surface area contributed by atoms with Crippen molar-refractivity contribution in [1.29, 1.82) is 0 Å². The summed E-state index contributed by atoms with van der Waals surface area (Å²) in [6.07, 6.45) is 0. The van der Waals surface area contributed by atoms with E-state index < -0.39 is 0 Å². The molecular weight excluding hydrogens is 609 g/mol. The molecule has 49 heavy (non-hydrogen) atoms. The van der Waals surface area contributed by atoms with E-state index in [1.807, 2.05) is 29.5 Å². The summed E-state index contributed by atoms with van der Waals surface area (Å²) in [6, 6.07) is 64.2. The molecule has 10 rings (SSSR count). The first-order chi connectivity index (χ1) is 24.7. The topological polar surface area (TPSA) is 0 Å². The van der Waals surface area contributed by atoms with Crippen LogP contribution < -0.4 is 0 Å². The molecule has 1 aromatic heterocycles. The molecule has 0 amide bonds. The Morgan fingerprint density at radius 1 is 0.367 bits per heavy atom. The smallest absolute Gasteiger partial charge is 0.0623 e. The molecule has 0 nitrogen and oxygen atoms in total. The lowest BCUT2D eigenvalue weighted by atomic mass is 9.84. The van der Waals surface area contributed by atoms with Crippen LogP contribution in [0, 0.1) is 0 Å². The highest BCUT2D eigenvalue weighted by atomic mass is 32.1. The predicted molar refractivity (Wildman–Crippen MR) is 214 cm³/mol. The molecule has 0 N–H and O–H groups in total.